The Morgan fingerprint density at radius 3 is 0.863 bits per heavy atom. The number of ether oxygens (including phenoxy) is 1. The monoisotopic (exact) mass is 717 g/mol. The molecule has 0 fully saturated rings. The molecule has 0 atom stereocenters. The van der Waals surface area contributed by atoms with Gasteiger partial charge in [-0.25, -0.2) is 0 Å². The van der Waals surface area contributed by atoms with Gasteiger partial charge < -0.3 is 4.74 Å². The molecule has 0 heterocycles. The van der Waals surface area contributed by atoms with Gasteiger partial charge in [-0.3, -0.25) is 4.79 Å². The Morgan fingerprint density at radius 1 is 0.314 bits per heavy atom. The molecule has 0 aromatic heterocycles. The van der Waals surface area contributed by atoms with Crippen LogP contribution in [0.25, 0.3) is 0 Å². The second-order valence-corrected chi connectivity index (χ2v) is 16.5. The van der Waals surface area contributed by atoms with Gasteiger partial charge in [0.1, 0.15) is 0 Å². The number of esters is 1. The van der Waals surface area contributed by atoms with Crippen LogP contribution < -0.4 is 0 Å². The lowest BCUT2D eigenvalue weighted by atomic mass is 10.0. The minimum atomic E-state index is 0.0276. The fourth-order valence-electron chi connectivity index (χ4n) is 7.55. The molecule has 0 spiro atoms. The number of carbonyl (C=O) groups is 1. The van der Waals surface area contributed by atoms with Gasteiger partial charge in [-0.05, 0) is 38.5 Å². The quantitative estimate of drug-likeness (QED) is 0.0356. The number of allylic oxidation sites excluding steroid dienone is 2. The lowest BCUT2D eigenvalue weighted by Crippen LogP contribution is -2.05. The molecule has 0 N–H and O–H groups in total. The molecule has 304 valence electrons. The molecule has 0 saturated carbocycles. The third kappa shape index (κ3) is 47.2. The van der Waals surface area contributed by atoms with E-state index in [0.717, 1.165) is 12.8 Å². The van der Waals surface area contributed by atoms with E-state index < -0.39 is 0 Å². The normalized spacial score (nSPS) is 11.6. The van der Waals surface area contributed by atoms with E-state index >= 15 is 0 Å². The van der Waals surface area contributed by atoms with Crippen LogP contribution in [-0.2, 0) is 9.53 Å². The van der Waals surface area contributed by atoms with Crippen molar-refractivity contribution >= 4 is 5.97 Å². The molecule has 51 heavy (non-hydrogen) atoms. The van der Waals surface area contributed by atoms with Gasteiger partial charge in [0.15, 0.2) is 0 Å². The van der Waals surface area contributed by atoms with Crippen LogP contribution in [0, 0.1) is 0 Å². The Kier molecular flexibility index (Phi) is 46.5. The molecule has 0 amide bonds. The Hall–Kier alpha value is -0.790. The molecule has 2 nitrogen and oxygen atoms in total. The topological polar surface area (TPSA) is 26.3 Å². The summed E-state index contributed by atoms with van der Waals surface area (Å²) in [6.07, 6.45) is 63.4. The average molecular weight is 717 g/mol. The van der Waals surface area contributed by atoms with Gasteiger partial charge in [-0.1, -0.05) is 257 Å². The van der Waals surface area contributed by atoms with Crippen molar-refractivity contribution in [1.29, 1.82) is 0 Å². The Labute approximate surface area is 323 Å². The number of carbonyl (C=O) groups excluding carboxylic acids is 1. The van der Waals surface area contributed by atoms with Crippen molar-refractivity contribution in [1.82, 2.24) is 0 Å². The highest BCUT2D eigenvalue weighted by Gasteiger charge is 2.03. The molecule has 0 bridgehead atoms. The number of hydrogen-bond acceptors (Lipinski definition) is 2. The van der Waals surface area contributed by atoms with Gasteiger partial charge in [0, 0.05) is 6.42 Å². The summed E-state index contributed by atoms with van der Waals surface area (Å²) in [6, 6.07) is 0. The summed E-state index contributed by atoms with van der Waals surface area (Å²) >= 11 is 0. The van der Waals surface area contributed by atoms with Crippen LogP contribution in [0.3, 0.4) is 0 Å². The minimum Gasteiger partial charge on any atom is -0.466 e. The Bertz CT molecular complexity index is 655. The van der Waals surface area contributed by atoms with E-state index in [1.54, 1.807) is 0 Å². The first-order chi connectivity index (χ1) is 25.3. The van der Waals surface area contributed by atoms with Crippen LogP contribution in [0.15, 0.2) is 12.2 Å². The predicted octanol–water partition coefficient (Wildman–Crippen LogP) is 17.9. The van der Waals surface area contributed by atoms with Crippen molar-refractivity contribution < 1.29 is 9.53 Å². The minimum absolute atomic E-state index is 0.0276. The van der Waals surface area contributed by atoms with Gasteiger partial charge in [0.25, 0.3) is 0 Å². The Morgan fingerprint density at radius 2 is 0.549 bits per heavy atom. The highest BCUT2D eigenvalue weighted by molar-refractivity contribution is 5.69. The molecule has 0 aliphatic carbocycles. The molecule has 0 radical (unpaired) electrons. The molecule has 0 rings (SSSR count). The second-order valence-electron chi connectivity index (χ2n) is 16.5. The van der Waals surface area contributed by atoms with E-state index in [0.29, 0.717) is 13.0 Å². The number of unbranched alkanes of at least 4 members (excludes halogenated alkanes) is 39. The highest BCUT2D eigenvalue weighted by Crippen LogP contribution is 2.17. The van der Waals surface area contributed by atoms with E-state index in [9.17, 15) is 4.79 Å². The Balaban J connectivity index is 3.15. The van der Waals surface area contributed by atoms with Crippen molar-refractivity contribution in [3.05, 3.63) is 12.2 Å². The van der Waals surface area contributed by atoms with Crippen LogP contribution in [0.1, 0.15) is 290 Å². The second kappa shape index (κ2) is 47.2. The van der Waals surface area contributed by atoms with E-state index in [-0.39, 0.29) is 5.97 Å². The maximum Gasteiger partial charge on any atom is 0.305 e. The fraction of sp³-hybridized carbons (Fsp3) is 0.939. The molecule has 0 aromatic carbocycles. The van der Waals surface area contributed by atoms with Crippen molar-refractivity contribution in [2.45, 2.75) is 290 Å². The third-order valence-corrected chi connectivity index (χ3v) is 11.2. The molecular formula is C49H96O2. The summed E-state index contributed by atoms with van der Waals surface area (Å²) in [5.41, 5.74) is 0. The summed E-state index contributed by atoms with van der Waals surface area (Å²) in [7, 11) is 0. The third-order valence-electron chi connectivity index (χ3n) is 11.2. The van der Waals surface area contributed by atoms with E-state index in [4.69, 9.17) is 4.74 Å². The maximum absolute atomic E-state index is 12.0. The summed E-state index contributed by atoms with van der Waals surface area (Å²) < 4.78 is 5.48. The molecule has 0 aliphatic rings. The van der Waals surface area contributed by atoms with Crippen LogP contribution in [0.2, 0.25) is 0 Å². The lowest BCUT2D eigenvalue weighted by molar-refractivity contribution is -0.143. The number of hydrogen-bond donors (Lipinski definition) is 0. The number of rotatable bonds is 45. The fourth-order valence-corrected chi connectivity index (χ4v) is 7.55. The maximum atomic E-state index is 12.0. The summed E-state index contributed by atoms with van der Waals surface area (Å²) in [5, 5.41) is 0. The largest absolute Gasteiger partial charge is 0.466 e. The highest BCUT2D eigenvalue weighted by atomic mass is 16.5. The summed E-state index contributed by atoms with van der Waals surface area (Å²) in [6.45, 7) is 5.21. The van der Waals surface area contributed by atoms with E-state index in [1.165, 1.54) is 257 Å². The van der Waals surface area contributed by atoms with Crippen molar-refractivity contribution in [2.75, 3.05) is 6.61 Å². The van der Waals surface area contributed by atoms with Gasteiger partial charge in [0.05, 0.1) is 6.61 Å². The van der Waals surface area contributed by atoms with Gasteiger partial charge >= 0.3 is 5.97 Å². The first kappa shape index (κ1) is 50.2. The SMILES string of the molecule is CCCCCCC=CCCCCCCCCCCCC(=O)OCCCCCCCCCCCCCCCCCCCCCCCCCCCCC. The summed E-state index contributed by atoms with van der Waals surface area (Å²) in [5.74, 6) is 0.0276. The van der Waals surface area contributed by atoms with E-state index in [1.807, 2.05) is 0 Å². The molecule has 0 unspecified atom stereocenters. The van der Waals surface area contributed by atoms with Gasteiger partial charge in [0.2, 0.25) is 0 Å². The molecular weight excluding hydrogens is 621 g/mol. The van der Waals surface area contributed by atoms with Crippen molar-refractivity contribution in [2.24, 2.45) is 0 Å². The first-order valence-electron chi connectivity index (χ1n) is 24.1. The van der Waals surface area contributed by atoms with Gasteiger partial charge in [-0.15, -0.1) is 0 Å². The zero-order valence-corrected chi connectivity index (χ0v) is 35.6. The first-order valence-corrected chi connectivity index (χ1v) is 24.1. The lowest BCUT2D eigenvalue weighted by Gasteiger charge is -2.06. The van der Waals surface area contributed by atoms with Gasteiger partial charge in [-0.2, -0.15) is 0 Å². The standard InChI is InChI=1S/C49H96O2/c1-3-5-7-9-11-13-15-17-19-21-22-23-24-25-26-27-28-29-30-32-34-36-38-40-42-44-46-48-51-49(50)47-45-43-41-39-37-35-33-31-20-18-16-14-12-10-8-6-4-2/h14,16H,3-13,15,17-48H2,1-2H3. The smallest absolute Gasteiger partial charge is 0.305 e. The zero-order chi connectivity index (χ0) is 36.8. The molecule has 0 aromatic rings. The van der Waals surface area contributed by atoms with Crippen LogP contribution in [0.5, 0.6) is 0 Å². The van der Waals surface area contributed by atoms with Crippen LogP contribution in [-0.4, -0.2) is 12.6 Å². The molecule has 2 heteroatoms. The average Bonchev–Trinajstić information content (AvgIpc) is 3.14. The molecule has 0 saturated heterocycles. The van der Waals surface area contributed by atoms with Crippen LogP contribution in [0.4, 0.5) is 0 Å². The zero-order valence-electron chi connectivity index (χ0n) is 35.6. The predicted molar refractivity (Wildman–Crippen MR) is 230 cm³/mol. The van der Waals surface area contributed by atoms with Crippen molar-refractivity contribution in [3.63, 3.8) is 0 Å². The van der Waals surface area contributed by atoms with Crippen molar-refractivity contribution in [3.8, 4) is 0 Å². The summed E-state index contributed by atoms with van der Waals surface area (Å²) in [4.78, 5) is 12.0. The van der Waals surface area contributed by atoms with Crippen LogP contribution >= 0.6 is 0 Å². The molecule has 0 aliphatic heterocycles. The van der Waals surface area contributed by atoms with E-state index in [2.05, 4.69) is 26.0 Å².